The SMILES string of the molecule is C[C@@H]([C@@H]1CCCN1)n1ncc2ccc(-c3noc4c3CCC[C@@]43CCCCC3=O)nc21. The number of carbonyl (C=O) groups is 1. The summed E-state index contributed by atoms with van der Waals surface area (Å²) in [5, 5.41) is 13.7. The first-order valence-electron chi connectivity index (χ1n) is 11.8. The first kappa shape index (κ1) is 19.2. The molecule has 1 saturated carbocycles. The summed E-state index contributed by atoms with van der Waals surface area (Å²) in [5.41, 5.74) is 3.13. The summed E-state index contributed by atoms with van der Waals surface area (Å²) in [4.78, 5) is 17.9. The number of fused-ring (bicyclic) bond motifs is 3. The molecule has 1 aliphatic heterocycles. The summed E-state index contributed by atoms with van der Waals surface area (Å²) in [6.07, 6.45) is 10.7. The number of rotatable bonds is 3. The van der Waals surface area contributed by atoms with Crippen molar-refractivity contribution in [2.75, 3.05) is 6.54 Å². The van der Waals surface area contributed by atoms with E-state index in [-0.39, 0.29) is 6.04 Å². The third-order valence-electron chi connectivity index (χ3n) is 7.80. The molecule has 31 heavy (non-hydrogen) atoms. The van der Waals surface area contributed by atoms with E-state index in [9.17, 15) is 4.79 Å². The fourth-order valence-corrected chi connectivity index (χ4v) is 6.04. The van der Waals surface area contributed by atoms with Crippen LogP contribution in [-0.4, -0.2) is 38.3 Å². The predicted octanol–water partition coefficient (Wildman–Crippen LogP) is 4.12. The highest BCUT2D eigenvalue weighted by atomic mass is 16.5. The molecule has 4 heterocycles. The van der Waals surface area contributed by atoms with Gasteiger partial charge in [0.1, 0.15) is 11.5 Å². The van der Waals surface area contributed by atoms with Crippen LogP contribution in [0.25, 0.3) is 22.4 Å². The quantitative estimate of drug-likeness (QED) is 0.687. The van der Waals surface area contributed by atoms with E-state index in [0.717, 1.165) is 85.2 Å². The summed E-state index contributed by atoms with van der Waals surface area (Å²) in [7, 11) is 0. The molecule has 162 valence electrons. The maximum absolute atomic E-state index is 12.9. The van der Waals surface area contributed by atoms with Gasteiger partial charge in [-0.05, 0) is 70.5 Å². The lowest BCUT2D eigenvalue weighted by atomic mass is 9.64. The van der Waals surface area contributed by atoms with Crippen LogP contribution in [0.5, 0.6) is 0 Å². The maximum atomic E-state index is 12.9. The van der Waals surface area contributed by atoms with E-state index in [0.29, 0.717) is 18.2 Å². The summed E-state index contributed by atoms with van der Waals surface area (Å²) < 4.78 is 7.96. The Bertz CT molecular complexity index is 1140. The van der Waals surface area contributed by atoms with Gasteiger partial charge in [0.25, 0.3) is 0 Å². The largest absolute Gasteiger partial charge is 0.359 e. The van der Waals surface area contributed by atoms with Gasteiger partial charge in [0.2, 0.25) is 0 Å². The second-order valence-corrected chi connectivity index (χ2v) is 9.55. The monoisotopic (exact) mass is 419 g/mol. The zero-order valence-corrected chi connectivity index (χ0v) is 18.1. The highest BCUT2D eigenvalue weighted by molar-refractivity contribution is 5.91. The van der Waals surface area contributed by atoms with Crippen LogP contribution in [0.1, 0.15) is 75.7 Å². The van der Waals surface area contributed by atoms with Crippen molar-refractivity contribution in [1.82, 2.24) is 25.2 Å². The number of nitrogens with zero attached hydrogens (tertiary/aromatic N) is 4. The molecule has 0 bridgehead atoms. The molecule has 3 aromatic heterocycles. The molecule has 1 N–H and O–H groups in total. The summed E-state index contributed by atoms with van der Waals surface area (Å²) in [6.45, 7) is 3.28. The summed E-state index contributed by atoms with van der Waals surface area (Å²) >= 11 is 0. The first-order chi connectivity index (χ1) is 15.2. The second kappa shape index (κ2) is 7.26. The van der Waals surface area contributed by atoms with E-state index in [1.807, 2.05) is 16.9 Å². The number of carbonyl (C=O) groups excluding carboxylic acids is 1. The molecule has 2 fully saturated rings. The number of Topliss-reactive ketones (excluding diaryl/α,β-unsaturated/α-hetero) is 1. The van der Waals surface area contributed by atoms with Gasteiger partial charge >= 0.3 is 0 Å². The maximum Gasteiger partial charge on any atom is 0.158 e. The Morgan fingerprint density at radius 2 is 2.10 bits per heavy atom. The van der Waals surface area contributed by atoms with Crippen LogP contribution in [0.3, 0.4) is 0 Å². The zero-order chi connectivity index (χ0) is 21.0. The van der Waals surface area contributed by atoms with Gasteiger partial charge in [0.15, 0.2) is 11.4 Å². The lowest BCUT2D eigenvalue weighted by Gasteiger charge is -2.36. The van der Waals surface area contributed by atoms with Crippen molar-refractivity contribution < 1.29 is 9.32 Å². The molecule has 7 heteroatoms. The van der Waals surface area contributed by atoms with E-state index in [2.05, 4.69) is 28.6 Å². The molecule has 3 aromatic rings. The number of pyridine rings is 1. The molecule has 0 radical (unpaired) electrons. The Morgan fingerprint density at radius 3 is 2.94 bits per heavy atom. The molecule has 0 amide bonds. The molecular formula is C24H29N5O2. The van der Waals surface area contributed by atoms with E-state index in [1.165, 1.54) is 6.42 Å². The fraction of sp³-hybridized carbons (Fsp3) is 0.583. The molecule has 0 aromatic carbocycles. The molecule has 1 spiro atoms. The second-order valence-electron chi connectivity index (χ2n) is 9.55. The van der Waals surface area contributed by atoms with Crippen LogP contribution in [0.15, 0.2) is 22.9 Å². The highest BCUT2D eigenvalue weighted by Gasteiger charge is 2.48. The third-order valence-corrected chi connectivity index (χ3v) is 7.80. The van der Waals surface area contributed by atoms with Gasteiger partial charge in [0, 0.05) is 23.4 Å². The minimum absolute atomic E-state index is 0.233. The van der Waals surface area contributed by atoms with Crippen molar-refractivity contribution in [2.24, 2.45) is 0 Å². The first-order valence-corrected chi connectivity index (χ1v) is 11.8. The Hall–Kier alpha value is -2.54. The number of ketones is 1. The normalized spacial score (nSPS) is 27.1. The number of hydrogen-bond donors (Lipinski definition) is 1. The van der Waals surface area contributed by atoms with Gasteiger partial charge in [-0.3, -0.25) is 4.79 Å². The number of nitrogens with one attached hydrogen (secondary N) is 1. The average molecular weight is 420 g/mol. The van der Waals surface area contributed by atoms with Crippen molar-refractivity contribution in [3.63, 3.8) is 0 Å². The Balaban J connectivity index is 1.42. The number of aromatic nitrogens is 4. The molecule has 1 saturated heterocycles. The lowest BCUT2D eigenvalue weighted by Crippen LogP contribution is -2.41. The molecule has 0 unspecified atom stereocenters. The van der Waals surface area contributed by atoms with E-state index in [1.54, 1.807) is 0 Å². The lowest BCUT2D eigenvalue weighted by molar-refractivity contribution is -0.128. The van der Waals surface area contributed by atoms with Crippen LogP contribution in [-0.2, 0) is 16.6 Å². The zero-order valence-electron chi connectivity index (χ0n) is 18.1. The molecule has 3 aliphatic rings. The van der Waals surface area contributed by atoms with Gasteiger partial charge in [-0.25, -0.2) is 9.67 Å². The van der Waals surface area contributed by atoms with Gasteiger partial charge < -0.3 is 9.84 Å². The Morgan fingerprint density at radius 1 is 1.19 bits per heavy atom. The number of hydrogen-bond acceptors (Lipinski definition) is 6. The van der Waals surface area contributed by atoms with Crippen molar-refractivity contribution in [3.05, 3.63) is 29.7 Å². The van der Waals surface area contributed by atoms with Gasteiger partial charge in [0.05, 0.1) is 23.3 Å². The summed E-state index contributed by atoms with van der Waals surface area (Å²) in [6, 6.07) is 4.73. The Kier molecular flexibility index (Phi) is 4.49. The molecule has 7 nitrogen and oxygen atoms in total. The molecular weight excluding hydrogens is 390 g/mol. The smallest absolute Gasteiger partial charge is 0.158 e. The minimum atomic E-state index is -0.453. The molecule has 6 rings (SSSR count). The highest BCUT2D eigenvalue weighted by Crippen LogP contribution is 2.47. The van der Waals surface area contributed by atoms with Crippen molar-refractivity contribution in [1.29, 1.82) is 0 Å². The van der Waals surface area contributed by atoms with Crippen molar-refractivity contribution >= 4 is 16.8 Å². The fourth-order valence-electron chi connectivity index (χ4n) is 6.04. The van der Waals surface area contributed by atoms with Crippen molar-refractivity contribution in [3.8, 4) is 11.4 Å². The minimum Gasteiger partial charge on any atom is -0.359 e. The average Bonchev–Trinajstić information content (AvgIpc) is 3.55. The van der Waals surface area contributed by atoms with Crippen LogP contribution < -0.4 is 5.32 Å². The molecule has 2 aliphatic carbocycles. The predicted molar refractivity (Wildman–Crippen MR) is 117 cm³/mol. The van der Waals surface area contributed by atoms with Crippen LogP contribution in [0.4, 0.5) is 0 Å². The van der Waals surface area contributed by atoms with Gasteiger partial charge in [-0.15, -0.1) is 0 Å². The van der Waals surface area contributed by atoms with Gasteiger partial charge in [-0.1, -0.05) is 11.6 Å². The van der Waals surface area contributed by atoms with E-state index in [4.69, 9.17) is 9.51 Å². The third kappa shape index (κ3) is 2.89. The van der Waals surface area contributed by atoms with E-state index < -0.39 is 5.41 Å². The van der Waals surface area contributed by atoms with Crippen LogP contribution in [0, 0.1) is 0 Å². The van der Waals surface area contributed by atoms with Gasteiger partial charge in [-0.2, -0.15) is 5.10 Å². The van der Waals surface area contributed by atoms with Crippen LogP contribution >= 0.6 is 0 Å². The van der Waals surface area contributed by atoms with Crippen molar-refractivity contribution in [2.45, 2.75) is 82.2 Å². The van der Waals surface area contributed by atoms with E-state index >= 15 is 0 Å². The topological polar surface area (TPSA) is 85.8 Å². The standard InChI is InChI=1S/C24H29N5O2/c1-15(18-7-5-13-25-18)29-23-16(14-26-29)9-10-19(27-23)21-17-6-4-12-24(22(17)31-28-21)11-3-2-8-20(24)30/h9-10,14-15,18,25H,2-8,11-13H2,1H3/t15-,18-,24+/m0/s1. The molecule has 3 atom stereocenters. The van der Waals surface area contributed by atoms with Crippen LogP contribution in [0.2, 0.25) is 0 Å². The Labute approximate surface area is 181 Å². The summed E-state index contributed by atoms with van der Waals surface area (Å²) in [5.74, 6) is 1.15.